The number of aromatic amines is 2. The number of rotatable bonds is 5. The average molecular weight is 262 g/mol. The minimum atomic E-state index is 1.06. The monoisotopic (exact) mass is 262 g/mol. The topological polar surface area (TPSA) is 57.4 Å². The van der Waals surface area contributed by atoms with Crippen molar-refractivity contribution in [3.05, 3.63) is 25.0 Å². The number of H-pyrrole nitrogens is 2. The number of hydrogen-bond acceptors (Lipinski definition) is 6. The van der Waals surface area contributed by atoms with Gasteiger partial charge in [0.2, 0.25) is 0 Å². The Kier molecular flexibility index (Phi) is 4.17. The third-order valence-electron chi connectivity index (χ3n) is 1.22. The average Bonchev–Trinajstić information content (AvgIpc) is 2.86. The van der Waals surface area contributed by atoms with Gasteiger partial charge in [0.1, 0.15) is 10.1 Å². The van der Waals surface area contributed by atoms with Gasteiger partial charge in [0.15, 0.2) is 0 Å². The number of aromatic nitrogens is 4. The van der Waals surface area contributed by atoms with Crippen molar-refractivity contribution in [2.24, 2.45) is 0 Å². The fourth-order valence-electron chi connectivity index (χ4n) is 0.678. The lowest BCUT2D eigenvalue weighted by molar-refractivity contribution is 1.21. The van der Waals surface area contributed by atoms with Crippen molar-refractivity contribution in [3.8, 4) is 0 Å². The van der Waals surface area contributed by atoms with Gasteiger partial charge in [0, 0.05) is 0 Å². The van der Waals surface area contributed by atoms with Crippen LogP contribution in [-0.2, 0) is 0 Å². The van der Waals surface area contributed by atoms with Gasteiger partial charge in [-0.1, -0.05) is 0 Å². The molecule has 2 aromatic rings. The molecule has 0 aliphatic heterocycles. The van der Waals surface area contributed by atoms with Crippen LogP contribution in [0.2, 0.25) is 0 Å². The zero-order chi connectivity index (χ0) is 9.64. The third kappa shape index (κ3) is 3.19. The molecule has 0 aromatic carbocycles. The van der Waals surface area contributed by atoms with E-state index in [1.165, 1.54) is 0 Å². The van der Waals surface area contributed by atoms with E-state index in [1.54, 1.807) is 66.3 Å². The Hall–Kier alpha value is -0.180. The standard InChI is InChI=1S/C6H6N4S4/c1-5(9-3-7-1)11-13-14-12-6-2-8-4-10-6/h1-4H,(H,7,9)(H,8,10). The maximum atomic E-state index is 3.93. The molecule has 8 heteroatoms. The summed E-state index contributed by atoms with van der Waals surface area (Å²) in [6.45, 7) is 0. The summed E-state index contributed by atoms with van der Waals surface area (Å²) >= 11 is 0. The lowest BCUT2D eigenvalue weighted by Gasteiger charge is -1.94. The second kappa shape index (κ2) is 5.64. The molecule has 0 radical (unpaired) electrons. The molecule has 0 unspecified atom stereocenters. The van der Waals surface area contributed by atoms with E-state index in [1.807, 2.05) is 0 Å². The molecular formula is C6H6N4S4. The number of hydrogen-bond donors (Lipinski definition) is 2. The summed E-state index contributed by atoms with van der Waals surface area (Å²) in [4.78, 5) is 13.9. The van der Waals surface area contributed by atoms with E-state index in [9.17, 15) is 0 Å². The molecule has 0 saturated heterocycles. The molecule has 0 spiro atoms. The van der Waals surface area contributed by atoms with Gasteiger partial charge in [-0.2, -0.15) is 0 Å². The van der Waals surface area contributed by atoms with Gasteiger partial charge in [-0.25, -0.2) is 9.97 Å². The van der Waals surface area contributed by atoms with Gasteiger partial charge < -0.3 is 9.97 Å². The highest BCUT2D eigenvalue weighted by molar-refractivity contribution is 9.26. The van der Waals surface area contributed by atoms with Gasteiger partial charge in [-0.3, -0.25) is 0 Å². The first-order valence-corrected chi connectivity index (χ1v) is 8.41. The minimum Gasteiger partial charge on any atom is -0.339 e. The summed E-state index contributed by atoms with van der Waals surface area (Å²) in [5.74, 6) is 0. The van der Waals surface area contributed by atoms with E-state index >= 15 is 0 Å². The van der Waals surface area contributed by atoms with Crippen LogP contribution in [0.4, 0.5) is 0 Å². The normalized spacial score (nSPS) is 10.6. The highest BCUT2D eigenvalue weighted by Gasteiger charge is 1.98. The Morgan fingerprint density at radius 3 is 1.71 bits per heavy atom. The summed E-state index contributed by atoms with van der Waals surface area (Å²) in [5, 5.41) is 2.13. The van der Waals surface area contributed by atoms with Gasteiger partial charge in [-0.05, 0) is 41.2 Å². The van der Waals surface area contributed by atoms with Crippen molar-refractivity contribution in [2.75, 3.05) is 0 Å². The van der Waals surface area contributed by atoms with Crippen molar-refractivity contribution < 1.29 is 0 Å². The fourth-order valence-corrected chi connectivity index (χ4v) is 5.76. The first-order valence-electron chi connectivity index (χ1n) is 3.60. The van der Waals surface area contributed by atoms with Crippen LogP contribution in [0.1, 0.15) is 0 Å². The molecule has 2 N–H and O–H groups in total. The Bertz CT molecular complexity index is 310. The second-order valence-corrected chi connectivity index (χ2v) is 7.89. The molecule has 0 bridgehead atoms. The Balaban J connectivity index is 1.65. The molecule has 0 amide bonds. The molecular weight excluding hydrogens is 256 g/mol. The SMILES string of the molecule is c1ncc(SSSSc2cnc[nH]2)[nH]1. The van der Waals surface area contributed by atoms with E-state index in [0.717, 1.165) is 10.1 Å². The lowest BCUT2D eigenvalue weighted by Crippen LogP contribution is -1.61. The van der Waals surface area contributed by atoms with Crippen LogP contribution < -0.4 is 0 Å². The van der Waals surface area contributed by atoms with E-state index in [-0.39, 0.29) is 0 Å². The Labute approximate surface area is 96.0 Å². The summed E-state index contributed by atoms with van der Waals surface area (Å²) in [7, 11) is 6.68. The zero-order valence-corrected chi connectivity index (χ0v) is 10.1. The molecule has 2 rings (SSSR count). The van der Waals surface area contributed by atoms with Gasteiger partial charge in [0.05, 0.1) is 25.0 Å². The van der Waals surface area contributed by atoms with Crippen LogP contribution in [0.5, 0.6) is 0 Å². The van der Waals surface area contributed by atoms with E-state index in [4.69, 9.17) is 0 Å². The molecule has 74 valence electrons. The summed E-state index contributed by atoms with van der Waals surface area (Å²) < 4.78 is 0. The minimum absolute atomic E-state index is 1.06. The molecule has 0 atom stereocenters. The quantitative estimate of drug-likeness (QED) is 0.637. The van der Waals surface area contributed by atoms with E-state index in [0.29, 0.717) is 0 Å². The lowest BCUT2D eigenvalue weighted by atomic mass is 11.0. The molecule has 14 heavy (non-hydrogen) atoms. The number of nitrogens with zero attached hydrogens (tertiary/aromatic N) is 2. The first kappa shape index (κ1) is 10.3. The zero-order valence-electron chi connectivity index (χ0n) is 6.84. The van der Waals surface area contributed by atoms with E-state index < -0.39 is 0 Å². The highest BCUT2D eigenvalue weighted by Crippen LogP contribution is 2.47. The molecule has 0 fully saturated rings. The number of nitrogens with one attached hydrogen (secondary N) is 2. The van der Waals surface area contributed by atoms with Crippen LogP contribution in [0.3, 0.4) is 0 Å². The van der Waals surface area contributed by atoms with Crippen molar-refractivity contribution in [3.63, 3.8) is 0 Å². The number of imidazole rings is 2. The van der Waals surface area contributed by atoms with Crippen LogP contribution >= 0.6 is 41.2 Å². The van der Waals surface area contributed by atoms with Crippen LogP contribution in [0.25, 0.3) is 0 Å². The maximum Gasteiger partial charge on any atom is 0.103 e. The molecule has 2 heterocycles. The van der Waals surface area contributed by atoms with E-state index in [2.05, 4.69) is 19.9 Å². The smallest absolute Gasteiger partial charge is 0.103 e. The largest absolute Gasteiger partial charge is 0.339 e. The maximum absolute atomic E-state index is 3.93. The molecule has 2 aromatic heterocycles. The summed E-state index contributed by atoms with van der Waals surface area (Å²) in [5.41, 5.74) is 0. The van der Waals surface area contributed by atoms with Crippen LogP contribution in [-0.4, -0.2) is 19.9 Å². The van der Waals surface area contributed by atoms with Gasteiger partial charge in [0.25, 0.3) is 0 Å². The Morgan fingerprint density at radius 2 is 1.36 bits per heavy atom. The Morgan fingerprint density at radius 1 is 0.857 bits per heavy atom. The third-order valence-corrected chi connectivity index (χ3v) is 7.10. The van der Waals surface area contributed by atoms with Crippen LogP contribution in [0, 0.1) is 0 Å². The van der Waals surface area contributed by atoms with Crippen LogP contribution in [0.15, 0.2) is 35.1 Å². The van der Waals surface area contributed by atoms with Crippen molar-refractivity contribution in [1.82, 2.24) is 19.9 Å². The second-order valence-electron chi connectivity index (χ2n) is 2.13. The predicted octanol–water partition coefficient (Wildman–Crippen LogP) is 3.23. The van der Waals surface area contributed by atoms with Crippen molar-refractivity contribution in [1.29, 1.82) is 0 Å². The molecule has 4 nitrogen and oxygen atoms in total. The highest BCUT2D eigenvalue weighted by atomic mass is 33.7. The fraction of sp³-hybridized carbons (Fsp3) is 0. The van der Waals surface area contributed by atoms with Crippen molar-refractivity contribution >= 4 is 41.2 Å². The molecule has 0 saturated carbocycles. The van der Waals surface area contributed by atoms with Gasteiger partial charge in [-0.15, -0.1) is 0 Å². The molecule has 0 aliphatic carbocycles. The van der Waals surface area contributed by atoms with Gasteiger partial charge >= 0.3 is 0 Å². The van der Waals surface area contributed by atoms with Crippen molar-refractivity contribution in [2.45, 2.75) is 10.1 Å². The first-order chi connectivity index (χ1) is 6.95. The predicted molar refractivity (Wildman–Crippen MR) is 64.1 cm³/mol. The summed E-state index contributed by atoms with van der Waals surface area (Å²) in [6, 6.07) is 0. The summed E-state index contributed by atoms with van der Waals surface area (Å²) in [6.07, 6.45) is 6.96. The molecule has 0 aliphatic rings.